The van der Waals surface area contributed by atoms with Crippen molar-refractivity contribution in [2.45, 2.75) is 13.3 Å². The standard InChI is InChI=1S/C16H14N2OS2/c1-11-4-6-12(7-5-11)17-15(19)9-13-10-21-16(18-13)14-3-2-8-20-14/h2-8,10H,9H2,1H3,(H,17,19). The van der Waals surface area contributed by atoms with Crippen LogP contribution in [0, 0.1) is 6.92 Å². The summed E-state index contributed by atoms with van der Waals surface area (Å²) in [4.78, 5) is 17.7. The molecule has 3 aromatic rings. The molecule has 1 amide bonds. The number of rotatable bonds is 4. The Bertz CT molecular complexity index is 730. The minimum absolute atomic E-state index is 0.0399. The van der Waals surface area contributed by atoms with Crippen LogP contribution in [0.15, 0.2) is 47.2 Å². The van der Waals surface area contributed by atoms with Gasteiger partial charge in [0.25, 0.3) is 0 Å². The summed E-state index contributed by atoms with van der Waals surface area (Å²) in [6.45, 7) is 2.02. The normalized spacial score (nSPS) is 10.5. The van der Waals surface area contributed by atoms with E-state index in [0.717, 1.165) is 21.3 Å². The number of carbonyl (C=O) groups excluding carboxylic acids is 1. The Morgan fingerprint density at radius 2 is 2.00 bits per heavy atom. The van der Waals surface area contributed by atoms with Gasteiger partial charge in [-0.1, -0.05) is 23.8 Å². The molecule has 2 heterocycles. The third-order valence-corrected chi connectivity index (χ3v) is 4.89. The molecule has 106 valence electrons. The number of benzene rings is 1. The number of amides is 1. The van der Waals surface area contributed by atoms with Crippen LogP contribution >= 0.6 is 22.7 Å². The second-order valence-corrected chi connectivity index (χ2v) is 6.52. The number of carbonyl (C=O) groups is 1. The van der Waals surface area contributed by atoms with E-state index in [0.29, 0.717) is 6.42 Å². The molecule has 0 saturated heterocycles. The summed E-state index contributed by atoms with van der Waals surface area (Å²) < 4.78 is 0. The van der Waals surface area contributed by atoms with E-state index in [1.807, 2.05) is 54.1 Å². The molecular formula is C16H14N2OS2. The molecule has 0 bridgehead atoms. The SMILES string of the molecule is Cc1ccc(NC(=O)Cc2csc(-c3cccs3)n2)cc1. The van der Waals surface area contributed by atoms with E-state index in [9.17, 15) is 4.79 Å². The number of nitrogens with one attached hydrogen (secondary N) is 1. The van der Waals surface area contributed by atoms with Crippen molar-refractivity contribution in [3.05, 3.63) is 58.4 Å². The predicted molar refractivity (Wildman–Crippen MR) is 88.9 cm³/mol. The number of aromatic nitrogens is 1. The quantitative estimate of drug-likeness (QED) is 0.777. The fraction of sp³-hybridized carbons (Fsp3) is 0.125. The molecule has 0 fully saturated rings. The van der Waals surface area contributed by atoms with E-state index in [-0.39, 0.29) is 5.91 Å². The summed E-state index contributed by atoms with van der Waals surface area (Å²) in [6, 6.07) is 11.8. The van der Waals surface area contributed by atoms with Crippen LogP contribution < -0.4 is 5.32 Å². The van der Waals surface area contributed by atoms with Crippen LogP contribution in [-0.4, -0.2) is 10.9 Å². The zero-order valence-corrected chi connectivity index (χ0v) is 13.1. The second kappa shape index (κ2) is 6.20. The highest BCUT2D eigenvalue weighted by Crippen LogP contribution is 2.27. The topological polar surface area (TPSA) is 42.0 Å². The van der Waals surface area contributed by atoms with Crippen LogP contribution in [0.5, 0.6) is 0 Å². The van der Waals surface area contributed by atoms with Crippen molar-refractivity contribution in [2.24, 2.45) is 0 Å². The largest absolute Gasteiger partial charge is 0.326 e. The summed E-state index contributed by atoms with van der Waals surface area (Å²) in [5.41, 5.74) is 2.81. The summed E-state index contributed by atoms with van der Waals surface area (Å²) in [6.07, 6.45) is 0.301. The van der Waals surface area contributed by atoms with Gasteiger partial charge < -0.3 is 5.32 Å². The lowest BCUT2D eigenvalue weighted by molar-refractivity contribution is -0.115. The zero-order chi connectivity index (χ0) is 14.7. The minimum atomic E-state index is -0.0399. The molecule has 1 N–H and O–H groups in total. The molecule has 3 rings (SSSR count). The summed E-state index contributed by atoms with van der Waals surface area (Å²) >= 11 is 3.24. The molecule has 3 nitrogen and oxygen atoms in total. The number of thiazole rings is 1. The first-order chi connectivity index (χ1) is 10.2. The average Bonchev–Trinajstić information content (AvgIpc) is 3.12. The molecule has 2 aromatic heterocycles. The number of anilines is 1. The van der Waals surface area contributed by atoms with E-state index < -0.39 is 0 Å². The van der Waals surface area contributed by atoms with Crippen LogP contribution in [0.4, 0.5) is 5.69 Å². The smallest absolute Gasteiger partial charge is 0.230 e. The van der Waals surface area contributed by atoms with Crippen LogP contribution in [0.25, 0.3) is 9.88 Å². The molecular weight excluding hydrogens is 300 g/mol. The van der Waals surface area contributed by atoms with Crippen LogP contribution in [0.1, 0.15) is 11.3 Å². The van der Waals surface area contributed by atoms with Gasteiger partial charge in [0, 0.05) is 11.1 Å². The highest BCUT2D eigenvalue weighted by atomic mass is 32.1. The van der Waals surface area contributed by atoms with Gasteiger partial charge in [-0.2, -0.15) is 0 Å². The van der Waals surface area contributed by atoms with Gasteiger partial charge in [0.2, 0.25) is 5.91 Å². The monoisotopic (exact) mass is 314 g/mol. The van der Waals surface area contributed by atoms with Gasteiger partial charge in [-0.25, -0.2) is 4.98 Å². The van der Waals surface area contributed by atoms with Crippen molar-refractivity contribution >= 4 is 34.3 Å². The third-order valence-electron chi connectivity index (χ3n) is 2.96. The van der Waals surface area contributed by atoms with Crippen molar-refractivity contribution in [2.75, 3.05) is 5.32 Å². The lowest BCUT2D eigenvalue weighted by Gasteiger charge is -2.04. The number of thiophene rings is 1. The van der Waals surface area contributed by atoms with Gasteiger partial charge in [0.15, 0.2) is 0 Å². The Labute approximate surface area is 131 Å². The Balaban J connectivity index is 1.64. The van der Waals surface area contributed by atoms with Gasteiger partial charge in [0.05, 0.1) is 17.0 Å². The Kier molecular flexibility index (Phi) is 4.13. The van der Waals surface area contributed by atoms with Crippen molar-refractivity contribution in [3.63, 3.8) is 0 Å². The zero-order valence-electron chi connectivity index (χ0n) is 11.5. The number of hydrogen-bond acceptors (Lipinski definition) is 4. The number of hydrogen-bond donors (Lipinski definition) is 1. The van der Waals surface area contributed by atoms with Gasteiger partial charge in [-0.15, -0.1) is 22.7 Å². The van der Waals surface area contributed by atoms with E-state index in [4.69, 9.17) is 0 Å². The summed E-state index contributed by atoms with van der Waals surface area (Å²) in [5, 5.41) is 7.84. The molecule has 5 heteroatoms. The highest BCUT2D eigenvalue weighted by Gasteiger charge is 2.09. The molecule has 0 radical (unpaired) electrons. The molecule has 0 aliphatic heterocycles. The van der Waals surface area contributed by atoms with Crippen molar-refractivity contribution in [1.29, 1.82) is 0 Å². The van der Waals surface area contributed by atoms with Gasteiger partial charge in [-0.3, -0.25) is 4.79 Å². The van der Waals surface area contributed by atoms with Gasteiger partial charge in [-0.05, 0) is 30.5 Å². The fourth-order valence-corrected chi connectivity index (χ4v) is 3.54. The summed E-state index contributed by atoms with van der Waals surface area (Å²) in [5.74, 6) is -0.0399. The van der Waals surface area contributed by atoms with Crippen molar-refractivity contribution in [3.8, 4) is 9.88 Å². The first-order valence-electron chi connectivity index (χ1n) is 6.55. The molecule has 0 aliphatic carbocycles. The molecule has 0 atom stereocenters. The highest BCUT2D eigenvalue weighted by molar-refractivity contribution is 7.20. The third kappa shape index (κ3) is 3.56. The van der Waals surface area contributed by atoms with Crippen LogP contribution in [0.2, 0.25) is 0 Å². The van der Waals surface area contributed by atoms with Crippen LogP contribution in [0.3, 0.4) is 0 Å². The van der Waals surface area contributed by atoms with E-state index in [2.05, 4.69) is 10.3 Å². The maximum atomic E-state index is 12.0. The van der Waals surface area contributed by atoms with E-state index in [1.54, 1.807) is 22.7 Å². The Hall–Kier alpha value is -1.98. The van der Waals surface area contributed by atoms with Crippen molar-refractivity contribution < 1.29 is 4.79 Å². The van der Waals surface area contributed by atoms with Crippen molar-refractivity contribution in [1.82, 2.24) is 4.98 Å². The fourth-order valence-electron chi connectivity index (χ4n) is 1.91. The molecule has 0 unspecified atom stereocenters. The first kappa shape index (κ1) is 14.0. The maximum absolute atomic E-state index is 12.0. The lowest BCUT2D eigenvalue weighted by atomic mass is 10.2. The summed E-state index contributed by atoms with van der Waals surface area (Å²) in [7, 11) is 0. The number of aryl methyl sites for hydroxylation is 1. The van der Waals surface area contributed by atoms with Crippen LogP contribution in [-0.2, 0) is 11.2 Å². The van der Waals surface area contributed by atoms with E-state index in [1.165, 1.54) is 5.56 Å². The average molecular weight is 314 g/mol. The molecule has 0 spiro atoms. The molecule has 0 aliphatic rings. The lowest BCUT2D eigenvalue weighted by Crippen LogP contribution is -2.14. The Morgan fingerprint density at radius 1 is 1.19 bits per heavy atom. The molecule has 21 heavy (non-hydrogen) atoms. The minimum Gasteiger partial charge on any atom is -0.326 e. The maximum Gasteiger partial charge on any atom is 0.230 e. The van der Waals surface area contributed by atoms with E-state index >= 15 is 0 Å². The molecule has 1 aromatic carbocycles. The predicted octanol–water partition coefficient (Wildman–Crippen LogP) is 4.36. The van der Waals surface area contributed by atoms with Gasteiger partial charge in [0.1, 0.15) is 5.01 Å². The number of nitrogens with zero attached hydrogens (tertiary/aromatic N) is 1. The molecule has 0 saturated carbocycles. The Morgan fingerprint density at radius 3 is 2.71 bits per heavy atom. The second-order valence-electron chi connectivity index (χ2n) is 4.71. The van der Waals surface area contributed by atoms with Gasteiger partial charge >= 0.3 is 0 Å². The first-order valence-corrected chi connectivity index (χ1v) is 8.31.